The van der Waals surface area contributed by atoms with Gasteiger partial charge >= 0.3 is 0 Å². The second-order valence-electron chi connectivity index (χ2n) is 5.53. The first-order chi connectivity index (χ1) is 11.4. The van der Waals surface area contributed by atoms with E-state index in [-0.39, 0.29) is 6.61 Å². The third-order valence-electron chi connectivity index (χ3n) is 3.37. The number of amides is 2. The van der Waals surface area contributed by atoms with E-state index < -0.39 is 11.8 Å². The first-order valence-corrected chi connectivity index (χ1v) is 7.80. The molecule has 0 radical (unpaired) electrons. The molecule has 0 heterocycles. The highest BCUT2D eigenvalue weighted by Crippen LogP contribution is 2.24. The molecule has 6 heteroatoms. The van der Waals surface area contributed by atoms with Crippen molar-refractivity contribution in [3.8, 4) is 5.75 Å². The van der Waals surface area contributed by atoms with Crippen molar-refractivity contribution < 1.29 is 14.3 Å². The second-order valence-corrected chi connectivity index (χ2v) is 5.96. The highest BCUT2D eigenvalue weighted by Gasteiger charge is 2.10. The lowest BCUT2D eigenvalue weighted by Crippen LogP contribution is -2.43. The van der Waals surface area contributed by atoms with Gasteiger partial charge in [0.05, 0.1) is 0 Å². The molecular weight excluding hydrogens is 328 g/mol. The van der Waals surface area contributed by atoms with E-state index in [0.29, 0.717) is 16.3 Å². The van der Waals surface area contributed by atoms with Crippen LogP contribution in [0.1, 0.15) is 27.0 Å². The Bertz CT molecular complexity index is 734. The number of ether oxygens (including phenoxy) is 1. The van der Waals surface area contributed by atoms with Crippen molar-refractivity contribution in [2.24, 2.45) is 0 Å². The Morgan fingerprint density at radius 3 is 2.17 bits per heavy atom. The summed E-state index contributed by atoms with van der Waals surface area (Å²) in [5, 5.41) is 0.535. The molecule has 0 saturated carbocycles. The van der Waals surface area contributed by atoms with Gasteiger partial charge in [0.25, 0.3) is 11.8 Å². The number of hydrogen-bond donors (Lipinski definition) is 2. The summed E-state index contributed by atoms with van der Waals surface area (Å²) < 4.78 is 5.56. The number of benzene rings is 2. The number of nitrogens with one attached hydrogen (secondary N) is 2. The third kappa shape index (κ3) is 4.73. The Kier molecular flexibility index (Phi) is 5.82. The van der Waals surface area contributed by atoms with Gasteiger partial charge in [-0.15, -0.1) is 0 Å². The van der Waals surface area contributed by atoms with Gasteiger partial charge in [0, 0.05) is 10.6 Å². The Hall–Kier alpha value is -2.53. The van der Waals surface area contributed by atoms with Gasteiger partial charge in [0.15, 0.2) is 6.61 Å². The maximum Gasteiger partial charge on any atom is 0.276 e. The van der Waals surface area contributed by atoms with Crippen molar-refractivity contribution in [1.29, 1.82) is 0 Å². The molecule has 0 unspecified atom stereocenters. The summed E-state index contributed by atoms with van der Waals surface area (Å²) in [4.78, 5) is 23.7. The Balaban J connectivity index is 1.86. The summed E-state index contributed by atoms with van der Waals surface area (Å²) in [6.45, 7) is 5.67. The smallest absolute Gasteiger partial charge is 0.276 e. The molecule has 126 valence electrons. The highest BCUT2D eigenvalue weighted by molar-refractivity contribution is 6.30. The van der Waals surface area contributed by atoms with E-state index in [0.717, 1.165) is 16.7 Å². The number of hydrogen-bond acceptors (Lipinski definition) is 3. The summed E-state index contributed by atoms with van der Waals surface area (Å²) in [5.41, 5.74) is 8.11. The molecule has 0 bridgehead atoms. The van der Waals surface area contributed by atoms with Gasteiger partial charge in [-0.1, -0.05) is 29.3 Å². The van der Waals surface area contributed by atoms with E-state index in [2.05, 4.69) is 10.9 Å². The van der Waals surface area contributed by atoms with E-state index in [1.807, 2.05) is 32.9 Å². The predicted molar refractivity (Wildman–Crippen MR) is 93.2 cm³/mol. The van der Waals surface area contributed by atoms with E-state index in [1.54, 1.807) is 24.3 Å². The number of hydrazine groups is 1. The largest absolute Gasteiger partial charge is 0.483 e. The Labute approximate surface area is 145 Å². The molecule has 2 N–H and O–H groups in total. The van der Waals surface area contributed by atoms with Gasteiger partial charge in [-0.05, 0) is 56.2 Å². The standard InChI is InChI=1S/C18H19ClN2O3/c1-11-8-12(2)17(13(3)9-11)24-10-16(22)20-21-18(23)14-4-6-15(19)7-5-14/h4-9H,10H2,1-3H3,(H,20,22)(H,21,23). The number of carbonyl (C=O) groups excluding carboxylic acids is 2. The quantitative estimate of drug-likeness (QED) is 0.836. The van der Waals surface area contributed by atoms with Crippen molar-refractivity contribution in [1.82, 2.24) is 10.9 Å². The fourth-order valence-corrected chi connectivity index (χ4v) is 2.49. The number of carbonyl (C=O) groups is 2. The van der Waals surface area contributed by atoms with Gasteiger partial charge in [-0.25, -0.2) is 0 Å². The molecule has 5 nitrogen and oxygen atoms in total. The normalized spacial score (nSPS) is 10.2. The highest BCUT2D eigenvalue weighted by atomic mass is 35.5. The molecule has 0 atom stereocenters. The average molecular weight is 347 g/mol. The monoisotopic (exact) mass is 346 g/mol. The lowest BCUT2D eigenvalue weighted by Gasteiger charge is -2.13. The molecule has 0 fully saturated rings. The minimum Gasteiger partial charge on any atom is -0.483 e. The van der Waals surface area contributed by atoms with Crippen LogP contribution in [0.25, 0.3) is 0 Å². The number of aryl methyl sites for hydroxylation is 3. The van der Waals surface area contributed by atoms with Crippen LogP contribution in [0.2, 0.25) is 5.02 Å². The maximum absolute atomic E-state index is 11.9. The molecule has 2 rings (SSSR count). The van der Waals surface area contributed by atoms with Crippen LogP contribution in [-0.2, 0) is 4.79 Å². The fourth-order valence-electron chi connectivity index (χ4n) is 2.37. The Morgan fingerprint density at radius 2 is 1.58 bits per heavy atom. The van der Waals surface area contributed by atoms with Crippen LogP contribution < -0.4 is 15.6 Å². The zero-order valence-corrected chi connectivity index (χ0v) is 14.5. The minimum atomic E-state index is -0.448. The fraction of sp³-hybridized carbons (Fsp3) is 0.222. The van der Waals surface area contributed by atoms with Crippen LogP contribution >= 0.6 is 11.6 Å². The van der Waals surface area contributed by atoms with E-state index >= 15 is 0 Å². The van der Waals surface area contributed by atoms with E-state index in [9.17, 15) is 9.59 Å². The molecule has 2 amide bonds. The maximum atomic E-state index is 11.9. The van der Waals surface area contributed by atoms with Gasteiger partial charge in [-0.3, -0.25) is 20.4 Å². The molecule has 0 aliphatic rings. The zero-order chi connectivity index (χ0) is 17.7. The second kappa shape index (κ2) is 7.84. The van der Waals surface area contributed by atoms with Crippen LogP contribution in [-0.4, -0.2) is 18.4 Å². The molecule has 0 saturated heterocycles. The summed E-state index contributed by atoms with van der Waals surface area (Å²) in [7, 11) is 0. The Morgan fingerprint density at radius 1 is 1.00 bits per heavy atom. The SMILES string of the molecule is Cc1cc(C)c(OCC(=O)NNC(=O)c2ccc(Cl)cc2)c(C)c1. The topological polar surface area (TPSA) is 67.4 Å². The molecule has 0 aliphatic carbocycles. The first-order valence-electron chi connectivity index (χ1n) is 7.42. The zero-order valence-electron chi connectivity index (χ0n) is 13.8. The molecular formula is C18H19ClN2O3. The van der Waals surface area contributed by atoms with Crippen molar-refractivity contribution in [2.45, 2.75) is 20.8 Å². The van der Waals surface area contributed by atoms with Gasteiger partial charge in [-0.2, -0.15) is 0 Å². The summed E-state index contributed by atoms with van der Waals surface area (Å²) >= 11 is 5.76. The van der Waals surface area contributed by atoms with Crippen LogP contribution in [0.4, 0.5) is 0 Å². The molecule has 0 aliphatic heterocycles. The average Bonchev–Trinajstić information content (AvgIpc) is 2.52. The summed E-state index contributed by atoms with van der Waals surface area (Å²) in [5.74, 6) is -0.195. The van der Waals surface area contributed by atoms with Crippen molar-refractivity contribution in [3.05, 3.63) is 63.7 Å². The summed E-state index contributed by atoms with van der Waals surface area (Å²) in [6.07, 6.45) is 0. The van der Waals surface area contributed by atoms with Crippen LogP contribution in [0, 0.1) is 20.8 Å². The van der Waals surface area contributed by atoms with Gasteiger partial charge < -0.3 is 4.74 Å². The van der Waals surface area contributed by atoms with Crippen LogP contribution in [0.5, 0.6) is 5.75 Å². The molecule has 0 aromatic heterocycles. The van der Waals surface area contributed by atoms with Crippen molar-refractivity contribution in [2.75, 3.05) is 6.61 Å². The van der Waals surface area contributed by atoms with Gasteiger partial charge in [0.1, 0.15) is 5.75 Å². The number of halogens is 1. The minimum absolute atomic E-state index is 0.189. The molecule has 2 aromatic carbocycles. The predicted octanol–water partition coefficient (Wildman–Crippen LogP) is 3.11. The molecule has 0 spiro atoms. The van der Waals surface area contributed by atoms with E-state index in [1.165, 1.54) is 0 Å². The lowest BCUT2D eigenvalue weighted by atomic mass is 10.1. The molecule has 2 aromatic rings. The summed E-state index contributed by atoms with van der Waals surface area (Å²) in [6, 6.07) is 10.3. The van der Waals surface area contributed by atoms with Gasteiger partial charge in [0.2, 0.25) is 0 Å². The van der Waals surface area contributed by atoms with Crippen molar-refractivity contribution >= 4 is 23.4 Å². The van der Waals surface area contributed by atoms with Crippen LogP contribution in [0.15, 0.2) is 36.4 Å². The third-order valence-corrected chi connectivity index (χ3v) is 3.63. The molecule has 24 heavy (non-hydrogen) atoms. The number of rotatable bonds is 4. The van der Waals surface area contributed by atoms with Crippen LogP contribution in [0.3, 0.4) is 0 Å². The van der Waals surface area contributed by atoms with E-state index in [4.69, 9.17) is 16.3 Å². The lowest BCUT2D eigenvalue weighted by molar-refractivity contribution is -0.123. The first kappa shape index (κ1) is 17.8. The van der Waals surface area contributed by atoms with Crippen molar-refractivity contribution in [3.63, 3.8) is 0 Å².